The summed E-state index contributed by atoms with van der Waals surface area (Å²) in [6.07, 6.45) is 0. The Morgan fingerprint density at radius 1 is 1.07 bits per heavy atom. The van der Waals surface area contributed by atoms with Gasteiger partial charge < -0.3 is 0 Å². The van der Waals surface area contributed by atoms with E-state index in [0.717, 1.165) is 16.0 Å². The Hall–Kier alpha value is -0.500. The van der Waals surface area contributed by atoms with Crippen molar-refractivity contribution in [3.05, 3.63) is 29.1 Å². The molecule has 1 aromatic carbocycles. The van der Waals surface area contributed by atoms with Crippen molar-refractivity contribution in [3.63, 3.8) is 0 Å². The van der Waals surface area contributed by atoms with Gasteiger partial charge in [-0.1, -0.05) is 20.8 Å². The van der Waals surface area contributed by atoms with E-state index in [1.165, 1.54) is 0 Å². The van der Waals surface area contributed by atoms with Crippen LogP contribution in [-0.2, 0) is 0 Å². The van der Waals surface area contributed by atoms with E-state index in [2.05, 4.69) is 20.8 Å². The van der Waals surface area contributed by atoms with Gasteiger partial charge in [-0.2, -0.15) is 0 Å². The topological polar surface area (TPSA) is 0 Å². The van der Waals surface area contributed by atoms with Crippen molar-refractivity contribution in [3.8, 4) is 0 Å². The van der Waals surface area contributed by atoms with Crippen LogP contribution in [0.15, 0.2) is 17.0 Å². The van der Waals surface area contributed by atoms with Gasteiger partial charge in [-0.3, -0.25) is 0 Å². The van der Waals surface area contributed by atoms with Gasteiger partial charge in [0.2, 0.25) is 0 Å². The predicted octanol–water partition coefficient (Wildman–Crippen LogP) is 4.33. The average molecular weight is 212 g/mol. The van der Waals surface area contributed by atoms with Crippen LogP contribution in [0.2, 0.25) is 0 Å². The van der Waals surface area contributed by atoms with E-state index in [1.54, 1.807) is 11.8 Å². The molecular formula is C12H17FS. The lowest BCUT2D eigenvalue weighted by Crippen LogP contribution is -2.06. The highest BCUT2D eigenvalue weighted by Crippen LogP contribution is 2.33. The van der Waals surface area contributed by atoms with Gasteiger partial charge in [0, 0.05) is 9.64 Å². The fourth-order valence-corrected chi connectivity index (χ4v) is 2.50. The van der Waals surface area contributed by atoms with Crippen LogP contribution in [-0.4, -0.2) is 4.75 Å². The molecule has 1 aromatic rings. The highest BCUT2D eigenvalue weighted by molar-refractivity contribution is 8.00. The average Bonchev–Trinajstić information content (AvgIpc) is 1.96. The van der Waals surface area contributed by atoms with E-state index in [0.29, 0.717) is 0 Å². The molecule has 0 amide bonds. The zero-order valence-electron chi connectivity index (χ0n) is 9.44. The summed E-state index contributed by atoms with van der Waals surface area (Å²) in [4.78, 5) is 1.15. The normalized spacial score (nSPS) is 11.9. The van der Waals surface area contributed by atoms with Gasteiger partial charge >= 0.3 is 0 Å². The van der Waals surface area contributed by atoms with Crippen LogP contribution in [0.1, 0.15) is 31.9 Å². The van der Waals surface area contributed by atoms with Crippen LogP contribution < -0.4 is 0 Å². The number of hydrogen-bond donors (Lipinski definition) is 0. The van der Waals surface area contributed by atoms with Gasteiger partial charge in [0.15, 0.2) is 0 Å². The number of thioether (sulfide) groups is 1. The molecule has 0 aromatic heterocycles. The second-order valence-corrected chi connectivity index (χ2v) is 6.49. The van der Waals surface area contributed by atoms with Gasteiger partial charge in [-0.25, -0.2) is 4.39 Å². The molecule has 0 saturated heterocycles. The number of benzene rings is 1. The summed E-state index contributed by atoms with van der Waals surface area (Å²) >= 11 is 1.77. The highest BCUT2D eigenvalue weighted by Gasteiger charge is 2.13. The smallest absolute Gasteiger partial charge is 0.129 e. The molecule has 1 rings (SSSR count). The summed E-state index contributed by atoms with van der Waals surface area (Å²) in [7, 11) is 0. The van der Waals surface area contributed by atoms with Crippen molar-refractivity contribution in [2.45, 2.75) is 44.3 Å². The highest BCUT2D eigenvalue weighted by atomic mass is 32.2. The van der Waals surface area contributed by atoms with Crippen molar-refractivity contribution < 1.29 is 4.39 Å². The van der Waals surface area contributed by atoms with Gasteiger partial charge in [0.1, 0.15) is 5.82 Å². The molecule has 0 heterocycles. The Morgan fingerprint density at radius 3 is 1.86 bits per heavy atom. The first-order valence-corrected chi connectivity index (χ1v) is 5.57. The molecule has 0 fully saturated rings. The van der Waals surface area contributed by atoms with E-state index in [4.69, 9.17) is 0 Å². The molecule has 0 aliphatic carbocycles. The summed E-state index contributed by atoms with van der Waals surface area (Å²) in [6, 6.07) is 3.83. The molecule has 0 unspecified atom stereocenters. The molecule has 0 aliphatic rings. The molecule has 0 radical (unpaired) electrons. The quantitative estimate of drug-likeness (QED) is 0.624. The monoisotopic (exact) mass is 212 g/mol. The second kappa shape index (κ2) is 3.93. The van der Waals surface area contributed by atoms with Crippen molar-refractivity contribution in [1.29, 1.82) is 0 Å². The maximum atomic E-state index is 13.3. The van der Waals surface area contributed by atoms with Crippen molar-refractivity contribution in [2.75, 3.05) is 0 Å². The fraction of sp³-hybridized carbons (Fsp3) is 0.500. The van der Waals surface area contributed by atoms with Crippen LogP contribution in [0.5, 0.6) is 0 Å². The number of hydrogen-bond acceptors (Lipinski definition) is 1. The molecule has 0 saturated carbocycles. The Labute approximate surface area is 89.9 Å². The van der Waals surface area contributed by atoms with E-state index < -0.39 is 0 Å². The summed E-state index contributed by atoms with van der Waals surface area (Å²) in [5.41, 5.74) is 1.47. The second-order valence-electron chi connectivity index (χ2n) is 4.59. The molecule has 0 nitrogen and oxygen atoms in total. The SMILES string of the molecule is Cc1cc(SC(C)(C)C)cc(C)c1F. The zero-order valence-corrected chi connectivity index (χ0v) is 10.3. The third-order valence-corrected chi connectivity index (χ3v) is 2.92. The summed E-state index contributed by atoms with van der Waals surface area (Å²) in [6.45, 7) is 10.1. The van der Waals surface area contributed by atoms with E-state index in [1.807, 2.05) is 26.0 Å². The van der Waals surface area contributed by atoms with Crippen molar-refractivity contribution >= 4 is 11.8 Å². The summed E-state index contributed by atoms with van der Waals surface area (Å²) < 4.78 is 13.5. The Kier molecular flexibility index (Phi) is 3.25. The minimum atomic E-state index is -0.0803. The maximum absolute atomic E-state index is 13.3. The van der Waals surface area contributed by atoms with Crippen LogP contribution in [0.4, 0.5) is 4.39 Å². The van der Waals surface area contributed by atoms with Crippen LogP contribution >= 0.6 is 11.8 Å². The number of aryl methyl sites for hydroxylation is 2. The molecule has 78 valence electrons. The lowest BCUT2D eigenvalue weighted by Gasteiger charge is -2.18. The molecule has 0 atom stereocenters. The molecular weight excluding hydrogens is 195 g/mol. The van der Waals surface area contributed by atoms with E-state index >= 15 is 0 Å². The van der Waals surface area contributed by atoms with Gasteiger partial charge in [0.25, 0.3) is 0 Å². The molecule has 0 spiro atoms. The van der Waals surface area contributed by atoms with Crippen LogP contribution in [0.25, 0.3) is 0 Å². The van der Waals surface area contributed by atoms with Crippen LogP contribution in [0.3, 0.4) is 0 Å². The van der Waals surface area contributed by atoms with E-state index in [9.17, 15) is 4.39 Å². The Bertz CT molecular complexity index is 314. The maximum Gasteiger partial charge on any atom is 0.129 e. The van der Waals surface area contributed by atoms with Crippen molar-refractivity contribution in [1.82, 2.24) is 0 Å². The lowest BCUT2D eigenvalue weighted by molar-refractivity contribution is 0.607. The van der Waals surface area contributed by atoms with E-state index in [-0.39, 0.29) is 10.6 Å². The van der Waals surface area contributed by atoms with Crippen molar-refractivity contribution in [2.24, 2.45) is 0 Å². The third kappa shape index (κ3) is 3.02. The number of rotatable bonds is 1. The molecule has 0 N–H and O–H groups in total. The fourth-order valence-electron chi connectivity index (χ4n) is 1.32. The zero-order chi connectivity index (χ0) is 10.9. The third-order valence-electron chi connectivity index (χ3n) is 1.83. The minimum Gasteiger partial charge on any atom is -0.206 e. The predicted molar refractivity (Wildman–Crippen MR) is 61.5 cm³/mol. The molecule has 2 heteroatoms. The molecule has 0 bridgehead atoms. The molecule has 0 aliphatic heterocycles. The first-order chi connectivity index (χ1) is 6.29. The first-order valence-electron chi connectivity index (χ1n) is 4.75. The van der Waals surface area contributed by atoms with Gasteiger partial charge in [0.05, 0.1) is 0 Å². The summed E-state index contributed by atoms with van der Waals surface area (Å²) in [5, 5.41) is 0. The number of halogens is 1. The molecule has 14 heavy (non-hydrogen) atoms. The first kappa shape index (κ1) is 11.6. The van der Waals surface area contributed by atoms with Crippen LogP contribution in [0, 0.1) is 19.7 Å². The van der Waals surface area contributed by atoms with Gasteiger partial charge in [-0.05, 0) is 37.1 Å². The lowest BCUT2D eigenvalue weighted by atomic mass is 10.1. The van der Waals surface area contributed by atoms with Gasteiger partial charge in [-0.15, -0.1) is 11.8 Å². The largest absolute Gasteiger partial charge is 0.206 e. The summed E-state index contributed by atoms with van der Waals surface area (Å²) in [5.74, 6) is -0.0803. The minimum absolute atomic E-state index is 0.0803. The Morgan fingerprint density at radius 2 is 1.50 bits per heavy atom. The standard InChI is InChI=1S/C12H17FS/c1-8-6-10(14-12(3,4)5)7-9(2)11(8)13/h6-7H,1-5H3. The Balaban J connectivity index is 3.02.